The summed E-state index contributed by atoms with van der Waals surface area (Å²) in [6, 6.07) is 9.62. The average Bonchev–Trinajstić information content (AvgIpc) is 2.40. The summed E-state index contributed by atoms with van der Waals surface area (Å²) >= 11 is 0. The molecule has 0 aromatic heterocycles. The van der Waals surface area contributed by atoms with Gasteiger partial charge < -0.3 is 10.1 Å². The zero-order valence-electron chi connectivity index (χ0n) is 11.8. The van der Waals surface area contributed by atoms with Crippen molar-refractivity contribution in [3.63, 3.8) is 0 Å². The maximum Gasteiger partial charge on any atom is 0.0469 e. The van der Waals surface area contributed by atoms with Crippen LogP contribution in [0.4, 0.5) is 0 Å². The maximum absolute atomic E-state index is 5.43. The molecule has 100 valence electrons. The smallest absolute Gasteiger partial charge is 0.0469 e. The Morgan fingerprint density at radius 3 is 2.50 bits per heavy atom. The second kappa shape index (κ2) is 6.35. The minimum absolute atomic E-state index is 0.420. The number of hydrogen-bond acceptors (Lipinski definition) is 2. The lowest BCUT2D eigenvalue weighted by Crippen LogP contribution is -2.38. The Bertz CT molecular complexity index is 371. The van der Waals surface area contributed by atoms with Gasteiger partial charge in [0.2, 0.25) is 0 Å². The van der Waals surface area contributed by atoms with Gasteiger partial charge in [-0.15, -0.1) is 0 Å². The van der Waals surface area contributed by atoms with Gasteiger partial charge in [-0.3, -0.25) is 0 Å². The van der Waals surface area contributed by atoms with E-state index >= 15 is 0 Å². The number of hydrogen-bond donors (Lipinski definition) is 1. The van der Waals surface area contributed by atoms with Crippen molar-refractivity contribution >= 4 is 0 Å². The van der Waals surface area contributed by atoms with E-state index in [-0.39, 0.29) is 0 Å². The minimum Gasteiger partial charge on any atom is -0.381 e. The monoisotopic (exact) mass is 247 g/mol. The molecule has 1 aliphatic rings. The van der Waals surface area contributed by atoms with E-state index in [0.29, 0.717) is 12.1 Å². The summed E-state index contributed by atoms with van der Waals surface area (Å²) in [5.74, 6) is 0.755. The Morgan fingerprint density at radius 1 is 1.17 bits per heavy atom. The quantitative estimate of drug-likeness (QED) is 0.879. The summed E-state index contributed by atoms with van der Waals surface area (Å²) < 4.78 is 5.43. The van der Waals surface area contributed by atoms with Crippen molar-refractivity contribution < 1.29 is 4.74 Å². The molecule has 0 spiro atoms. The van der Waals surface area contributed by atoms with E-state index in [1.165, 1.54) is 24.0 Å². The van der Waals surface area contributed by atoms with Crippen molar-refractivity contribution in [1.29, 1.82) is 0 Å². The number of rotatable bonds is 4. The van der Waals surface area contributed by atoms with Gasteiger partial charge in [0.1, 0.15) is 0 Å². The summed E-state index contributed by atoms with van der Waals surface area (Å²) in [6.45, 7) is 8.61. The first-order valence-corrected chi connectivity index (χ1v) is 7.08. The largest absolute Gasteiger partial charge is 0.381 e. The Hall–Kier alpha value is -0.860. The molecule has 1 aromatic rings. The summed E-state index contributed by atoms with van der Waals surface area (Å²) in [6.07, 6.45) is 2.38. The number of aryl methyl sites for hydroxylation is 1. The first kappa shape index (κ1) is 13.6. The predicted octanol–water partition coefficient (Wildman–Crippen LogP) is 3.46. The molecule has 2 heteroatoms. The summed E-state index contributed by atoms with van der Waals surface area (Å²) in [7, 11) is 0. The van der Waals surface area contributed by atoms with Crippen molar-refractivity contribution in [3.05, 3.63) is 35.4 Å². The molecule has 0 bridgehead atoms. The van der Waals surface area contributed by atoms with Gasteiger partial charge in [-0.25, -0.2) is 0 Å². The molecule has 1 saturated heterocycles. The van der Waals surface area contributed by atoms with Gasteiger partial charge in [-0.1, -0.05) is 24.3 Å². The third kappa shape index (κ3) is 3.33. The standard InChI is InChI=1S/C16H25NO/c1-12-6-4-5-7-16(12)14(3)17-13(2)15-8-10-18-11-9-15/h4-7,13-15,17H,8-11H2,1-3H3. The first-order valence-electron chi connectivity index (χ1n) is 7.08. The fourth-order valence-corrected chi connectivity index (χ4v) is 2.91. The van der Waals surface area contributed by atoms with E-state index in [2.05, 4.69) is 50.4 Å². The molecular formula is C16H25NO. The lowest BCUT2D eigenvalue weighted by atomic mass is 9.91. The SMILES string of the molecule is Cc1ccccc1C(C)NC(C)C1CCOCC1. The van der Waals surface area contributed by atoms with Crippen LogP contribution in [0.25, 0.3) is 0 Å². The molecule has 2 atom stereocenters. The van der Waals surface area contributed by atoms with Crippen LogP contribution in [0.5, 0.6) is 0 Å². The Labute approximate surface area is 111 Å². The van der Waals surface area contributed by atoms with Crippen molar-refractivity contribution in [3.8, 4) is 0 Å². The van der Waals surface area contributed by atoms with Crippen molar-refractivity contribution in [2.45, 2.75) is 45.7 Å². The molecule has 0 saturated carbocycles. The van der Waals surface area contributed by atoms with Gasteiger partial charge in [-0.05, 0) is 50.7 Å². The second-order valence-corrected chi connectivity index (χ2v) is 5.48. The molecule has 2 unspecified atom stereocenters. The summed E-state index contributed by atoms with van der Waals surface area (Å²) in [5, 5.41) is 3.75. The Balaban J connectivity index is 1.94. The zero-order valence-corrected chi connectivity index (χ0v) is 11.8. The van der Waals surface area contributed by atoms with Gasteiger partial charge in [0, 0.05) is 25.3 Å². The molecule has 0 aliphatic carbocycles. The average molecular weight is 247 g/mol. The molecule has 18 heavy (non-hydrogen) atoms. The molecule has 1 aromatic carbocycles. The number of ether oxygens (including phenoxy) is 1. The molecule has 2 nitrogen and oxygen atoms in total. The molecule has 1 fully saturated rings. The summed E-state index contributed by atoms with van der Waals surface area (Å²) in [4.78, 5) is 0. The molecule has 0 amide bonds. The van der Waals surface area contributed by atoms with E-state index in [1.54, 1.807) is 0 Å². The van der Waals surface area contributed by atoms with Crippen LogP contribution in [0.2, 0.25) is 0 Å². The highest BCUT2D eigenvalue weighted by Crippen LogP contribution is 2.23. The Morgan fingerprint density at radius 2 is 1.83 bits per heavy atom. The fraction of sp³-hybridized carbons (Fsp3) is 0.625. The van der Waals surface area contributed by atoms with Crippen LogP contribution >= 0.6 is 0 Å². The van der Waals surface area contributed by atoms with Crippen LogP contribution in [0.1, 0.15) is 43.9 Å². The first-order chi connectivity index (χ1) is 8.68. The van der Waals surface area contributed by atoms with Crippen molar-refractivity contribution in [2.24, 2.45) is 5.92 Å². The van der Waals surface area contributed by atoms with Crippen LogP contribution in [-0.4, -0.2) is 19.3 Å². The highest BCUT2D eigenvalue weighted by atomic mass is 16.5. The van der Waals surface area contributed by atoms with Crippen molar-refractivity contribution in [2.75, 3.05) is 13.2 Å². The van der Waals surface area contributed by atoms with Gasteiger partial charge in [0.25, 0.3) is 0 Å². The fourth-order valence-electron chi connectivity index (χ4n) is 2.91. The highest BCUT2D eigenvalue weighted by Gasteiger charge is 2.22. The molecular weight excluding hydrogens is 222 g/mol. The third-order valence-corrected chi connectivity index (χ3v) is 4.14. The van der Waals surface area contributed by atoms with E-state index in [4.69, 9.17) is 4.74 Å². The predicted molar refractivity (Wildman–Crippen MR) is 75.7 cm³/mol. The highest BCUT2D eigenvalue weighted by molar-refractivity contribution is 5.28. The van der Waals surface area contributed by atoms with Gasteiger partial charge >= 0.3 is 0 Å². The number of benzene rings is 1. The lowest BCUT2D eigenvalue weighted by molar-refractivity contribution is 0.0547. The third-order valence-electron chi connectivity index (χ3n) is 4.14. The van der Waals surface area contributed by atoms with Gasteiger partial charge in [0.15, 0.2) is 0 Å². The van der Waals surface area contributed by atoms with Gasteiger partial charge in [-0.2, -0.15) is 0 Å². The van der Waals surface area contributed by atoms with E-state index in [9.17, 15) is 0 Å². The second-order valence-electron chi connectivity index (χ2n) is 5.48. The molecule has 2 rings (SSSR count). The maximum atomic E-state index is 5.43. The molecule has 1 heterocycles. The minimum atomic E-state index is 0.420. The lowest BCUT2D eigenvalue weighted by Gasteiger charge is -2.31. The molecule has 0 radical (unpaired) electrons. The van der Waals surface area contributed by atoms with Crippen LogP contribution in [0.15, 0.2) is 24.3 Å². The van der Waals surface area contributed by atoms with Crippen LogP contribution < -0.4 is 5.32 Å². The van der Waals surface area contributed by atoms with Gasteiger partial charge in [0.05, 0.1) is 0 Å². The van der Waals surface area contributed by atoms with Crippen LogP contribution in [-0.2, 0) is 4.74 Å². The van der Waals surface area contributed by atoms with E-state index in [0.717, 1.165) is 19.1 Å². The normalized spacial score (nSPS) is 20.6. The number of nitrogens with one attached hydrogen (secondary N) is 1. The topological polar surface area (TPSA) is 21.3 Å². The van der Waals surface area contributed by atoms with E-state index in [1.807, 2.05) is 0 Å². The summed E-state index contributed by atoms with van der Waals surface area (Å²) in [5.41, 5.74) is 2.79. The van der Waals surface area contributed by atoms with Crippen molar-refractivity contribution in [1.82, 2.24) is 5.32 Å². The van der Waals surface area contributed by atoms with Crippen LogP contribution in [0.3, 0.4) is 0 Å². The molecule has 1 N–H and O–H groups in total. The van der Waals surface area contributed by atoms with E-state index < -0.39 is 0 Å². The Kier molecular flexibility index (Phi) is 4.79. The zero-order chi connectivity index (χ0) is 13.0. The van der Waals surface area contributed by atoms with Crippen LogP contribution in [0, 0.1) is 12.8 Å². The molecule has 1 aliphatic heterocycles.